The maximum Gasteiger partial charge on any atom is 0.354 e. The van der Waals surface area contributed by atoms with Crippen LogP contribution in [0.25, 0.3) is 0 Å². The van der Waals surface area contributed by atoms with Gasteiger partial charge in [-0.15, -0.1) is 0 Å². The van der Waals surface area contributed by atoms with Gasteiger partial charge in [-0.2, -0.15) is 0 Å². The number of hydrogen-bond acceptors (Lipinski definition) is 4. The van der Waals surface area contributed by atoms with Gasteiger partial charge in [0.15, 0.2) is 5.69 Å². The molecule has 1 N–H and O–H groups in total. The summed E-state index contributed by atoms with van der Waals surface area (Å²) < 4.78 is 0. The van der Waals surface area contributed by atoms with E-state index in [1.807, 2.05) is 0 Å². The first-order valence-electron chi connectivity index (χ1n) is 6.92. The molecule has 1 aromatic rings. The molecule has 0 spiro atoms. The number of aromatic nitrogens is 2. The SMILES string of the molecule is CCCCN(CCCC)c1nc(C)cc(C(=O)O)n1. The Hall–Kier alpha value is -1.65. The van der Waals surface area contributed by atoms with Crippen molar-refractivity contribution in [2.75, 3.05) is 18.0 Å². The van der Waals surface area contributed by atoms with Gasteiger partial charge >= 0.3 is 5.97 Å². The second-order valence-electron chi connectivity index (χ2n) is 4.69. The van der Waals surface area contributed by atoms with Gasteiger partial charge in [0.25, 0.3) is 0 Å². The molecule has 0 aliphatic heterocycles. The normalized spacial score (nSPS) is 10.5. The number of unbranched alkanes of at least 4 members (excludes halogenated alkanes) is 2. The van der Waals surface area contributed by atoms with Crippen molar-refractivity contribution in [1.82, 2.24) is 9.97 Å². The molecule has 0 bridgehead atoms. The minimum atomic E-state index is -1.00. The fraction of sp³-hybridized carbons (Fsp3) is 0.643. The average molecular weight is 265 g/mol. The highest BCUT2D eigenvalue weighted by Crippen LogP contribution is 2.12. The van der Waals surface area contributed by atoms with Gasteiger partial charge in [0.1, 0.15) is 0 Å². The molecule has 1 aromatic heterocycles. The van der Waals surface area contributed by atoms with E-state index >= 15 is 0 Å². The van der Waals surface area contributed by atoms with E-state index in [9.17, 15) is 4.79 Å². The average Bonchev–Trinajstić information content (AvgIpc) is 2.38. The van der Waals surface area contributed by atoms with E-state index < -0.39 is 5.97 Å². The molecule has 19 heavy (non-hydrogen) atoms. The molecule has 5 heteroatoms. The lowest BCUT2D eigenvalue weighted by Gasteiger charge is -2.22. The Bertz CT molecular complexity index is 413. The minimum absolute atomic E-state index is 0.0699. The van der Waals surface area contributed by atoms with Crippen molar-refractivity contribution in [1.29, 1.82) is 0 Å². The lowest BCUT2D eigenvalue weighted by Crippen LogP contribution is -2.28. The first-order valence-corrected chi connectivity index (χ1v) is 6.92. The summed E-state index contributed by atoms with van der Waals surface area (Å²) in [6, 6.07) is 1.50. The van der Waals surface area contributed by atoms with Gasteiger partial charge in [-0.25, -0.2) is 14.8 Å². The number of hydrogen-bond donors (Lipinski definition) is 1. The summed E-state index contributed by atoms with van der Waals surface area (Å²) in [5, 5.41) is 9.06. The maximum atomic E-state index is 11.0. The Labute approximate surface area is 114 Å². The number of carbonyl (C=O) groups is 1. The van der Waals surface area contributed by atoms with Gasteiger partial charge < -0.3 is 10.0 Å². The van der Waals surface area contributed by atoms with E-state index in [4.69, 9.17) is 5.11 Å². The fourth-order valence-electron chi connectivity index (χ4n) is 1.81. The van der Waals surface area contributed by atoms with Crippen LogP contribution in [-0.4, -0.2) is 34.1 Å². The second kappa shape index (κ2) is 7.71. The van der Waals surface area contributed by atoms with Crippen LogP contribution in [0.4, 0.5) is 5.95 Å². The van der Waals surface area contributed by atoms with Crippen LogP contribution in [0.1, 0.15) is 55.7 Å². The van der Waals surface area contributed by atoms with Gasteiger partial charge in [-0.05, 0) is 25.8 Å². The fourth-order valence-corrected chi connectivity index (χ4v) is 1.81. The van der Waals surface area contributed by atoms with Crippen LogP contribution >= 0.6 is 0 Å². The van der Waals surface area contributed by atoms with E-state index in [0.29, 0.717) is 11.6 Å². The molecule has 106 valence electrons. The summed E-state index contributed by atoms with van der Waals surface area (Å²) in [6.45, 7) is 7.82. The van der Waals surface area contributed by atoms with Crippen LogP contribution in [0.3, 0.4) is 0 Å². The molecular weight excluding hydrogens is 242 g/mol. The van der Waals surface area contributed by atoms with Gasteiger partial charge in [0.05, 0.1) is 0 Å². The monoisotopic (exact) mass is 265 g/mol. The zero-order valence-corrected chi connectivity index (χ0v) is 12.0. The third-order valence-corrected chi connectivity index (χ3v) is 2.91. The van der Waals surface area contributed by atoms with Crippen LogP contribution in [0, 0.1) is 6.92 Å². The molecule has 0 aromatic carbocycles. The van der Waals surface area contributed by atoms with E-state index in [1.54, 1.807) is 6.92 Å². The molecule has 0 amide bonds. The van der Waals surface area contributed by atoms with Crippen molar-refractivity contribution in [2.45, 2.75) is 46.5 Å². The van der Waals surface area contributed by atoms with Crippen LogP contribution in [-0.2, 0) is 0 Å². The highest BCUT2D eigenvalue weighted by atomic mass is 16.4. The third-order valence-electron chi connectivity index (χ3n) is 2.91. The smallest absolute Gasteiger partial charge is 0.354 e. The topological polar surface area (TPSA) is 66.3 Å². The lowest BCUT2D eigenvalue weighted by molar-refractivity contribution is 0.0690. The third kappa shape index (κ3) is 4.85. The molecule has 0 fully saturated rings. The Morgan fingerprint density at radius 2 is 1.79 bits per heavy atom. The molecule has 0 saturated carbocycles. The first kappa shape index (κ1) is 15.4. The Morgan fingerprint density at radius 3 is 2.26 bits per heavy atom. The largest absolute Gasteiger partial charge is 0.477 e. The standard InChI is InChI=1S/C14H23N3O2/c1-4-6-8-17(9-7-5-2)14-15-11(3)10-12(16-14)13(18)19/h10H,4-9H2,1-3H3,(H,18,19). The number of carboxylic acid groups (broad SMARTS) is 1. The molecule has 1 rings (SSSR count). The summed E-state index contributed by atoms with van der Waals surface area (Å²) in [5.74, 6) is -0.461. The van der Waals surface area contributed by atoms with E-state index in [-0.39, 0.29) is 5.69 Å². The summed E-state index contributed by atoms with van der Waals surface area (Å²) >= 11 is 0. The molecular formula is C14H23N3O2. The van der Waals surface area contributed by atoms with Crippen molar-refractivity contribution >= 4 is 11.9 Å². The molecule has 0 atom stereocenters. The molecule has 0 radical (unpaired) electrons. The number of anilines is 1. The van der Waals surface area contributed by atoms with E-state index in [0.717, 1.165) is 38.8 Å². The molecule has 5 nitrogen and oxygen atoms in total. The molecule has 0 saturated heterocycles. The Morgan fingerprint density at radius 1 is 1.21 bits per heavy atom. The Balaban J connectivity index is 2.95. The summed E-state index contributed by atoms with van der Waals surface area (Å²) in [7, 11) is 0. The van der Waals surface area contributed by atoms with E-state index in [2.05, 4.69) is 28.7 Å². The minimum Gasteiger partial charge on any atom is -0.477 e. The van der Waals surface area contributed by atoms with Crippen molar-refractivity contribution < 1.29 is 9.90 Å². The summed E-state index contributed by atoms with van der Waals surface area (Å²) in [6.07, 6.45) is 4.31. The van der Waals surface area contributed by atoms with Crippen molar-refractivity contribution in [3.05, 3.63) is 17.5 Å². The van der Waals surface area contributed by atoms with Crippen LogP contribution in [0.5, 0.6) is 0 Å². The van der Waals surface area contributed by atoms with E-state index in [1.165, 1.54) is 6.07 Å². The van der Waals surface area contributed by atoms with Crippen LogP contribution in [0.15, 0.2) is 6.07 Å². The number of rotatable bonds is 8. The number of nitrogens with zero attached hydrogens (tertiary/aromatic N) is 3. The predicted octanol–water partition coefficient (Wildman–Crippen LogP) is 2.89. The highest BCUT2D eigenvalue weighted by Gasteiger charge is 2.13. The summed E-state index contributed by atoms with van der Waals surface area (Å²) in [5.41, 5.74) is 0.765. The molecule has 0 aliphatic rings. The number of aryl methyl sites for hydroxylation is 1. The zero-order valence-electron chi connectivity index (χ0n) is 12.0. The van der Waals surface area contributed by atoms with Crippen LogP contribution in [0.2, 0.25) is 0 Å². The number of aromatic carboxylic acids is 1. The molecule has 1 heterocycles. The van der Waals surface area contributed by atoms with Crippen molar-refractivity contribution in [3.63, 3.8) is 0 Å². The maximum absolute atomic E-state index is 11.0. The molecule has 0 unspecified atom stereocenters. The van der Waals surface area contributed by atoms with Gasteiger partial charge in [-0.3, -0.25) is 0 Å². The quantitative estimate of drug-likeness (QED) is 0.783. The second-order valence-corrected chi connectivity index (χ2v) is 4.69. The predicted molar refractivity (Wildman–Crippen MR) is 75.8 cm³/mol. The Kier molecular flexibility index (Phi) is 6.25. The lowest BCUT2D eigenvalue weighted by atomic mass is 10.2. The highest BCUT2D eigenvalue weighted by molar-refractivity contribution is 5.85. The van der Waals surface area contributed by atoms with Gasteiger partial charge in [0, 0.05) is 18.8 Å². The number of carboxylic acids is 1. The zero-order chi connectivity index (χ0) is 14.3. The van der Waals surface area contributed by atoms with Gasteiger partial charge in [0.2, 0.25) is 5.95 Å². The molecule has 0 aliphatic carbocycles. The van der Waals surface area contributed by atoms with Crippen LogP contribution < -0.4 is 4.90 Å². The first-order chi connectivity index (χ1) is 9.08. The summed E-state index contributed by atoms with van der Waals surface area (Å²) in [4.78, 5) is 21.7. The van der Waals surface area contributed by atoms with Crippen molar-refractivity contribution in [3.8, 4) is 0 Å². The van der Waals surface area contributed by atoms with Gasteiger partial charge in [-0.1, -0.05) is 26.7 Å². The van der Waals surface area contributed by atoms with Crippen molar-refractivity contribution in [2.24, 2.45) is 0 Å².